The van der Waals surface area contributed by atoms with Crippen molar-refractivity contribution >= 4 is 17.9 Å². The molecule has 1 aromatic rings. The normalized spacial score (nSPS) is 34.4. The molecule has 2 saturated heterocycles. The first kappa shape index (κ1) is 14.1. The Kier molecular flexibility index (Phi) is 2.61. The van der Waals surface area contributed by atoms with E-state index >= 15 is 0 Å². The third kappa shape index (κ3) is 1.71. The fourth-order valence-corrected chi connectivity index (χ4v) is 4.41. The average Bonchev–Trinajstić information content (AvgIpc) is 3.14. The van der Waals surface area contributed by atoms with E-state index in [1.54, 1.807) is 6.07 Å². The molecule has 5 rings (SSSR count). The van der Waals surface area contributed by atoms with Crippen molar-refractivity contribution in [3.05, 3.63) is 11.8 Å². The fraction of sp³-hybridized carbons (Fsp3) is 0.667. The van der Waals surface area contributed by atoms with Gasteiger partial charge in [-0.3, -0.25) is 0 Å². The Balaban J connectivity index is 1.57. The number of ether oxygens (including phenoxy) is 1. The quantitative estimate of drug-likeness (QED) is 0.663. The molecule has 0 radical (unpaired) electrons. The molecular weight excluding hydrogens is 302 g/mol. The van der Waals surface area contributed by atoms with Crippen molar-refractivity contribution in [1.82, 2.24) is 14.9 Å². The second kappa shape index (κ2) is 4.07. The zero-order chi connectivity index (χ0) is 15.9. The molecule has 1 unspecified atom stereocenters. The molecule has 1 amide bonds. The molecule has 4 fully saturated rings. The predicted octanol–water partition coefficient (Wildman–Crippen LogP) is 2.02. The Labute approximate surface area is 133 Å². The van der Waals surface area contributed by atoms with Gasteiger partial charge in [0.05, 0.1) is 11.7 Å². The highest BCUT2D eigenvalue weighted by molar-refractivity contribution is 7.98. The molecule has 2 saturated carbocycles. The zero-order valence-electron chi connectivity index (χ0n) is 13.0. The number of nitrogens with zero attached hydrogens (tertiary/aromatic N) is 3. The monoisotopic (exact) mass is 321 g/mol. The first-order chi connectivity index (χ1) is 10.3. The molecule has 2 bridgehead atoms. The van der Waals surface area contributed by atoms with E-state index < -0.39 is 5.60 Å². The maximum absolute atomic E-state index is 12.3. The van der Waals surface area contributed by atoms with E-state index in [0.717, 1.165) is 12.2 Å². The van der Waals surface area contributed by atoms with Crippen LogP contribution >= 0.6 is 11.8 Å². The van der Waals surface area contributed by atoms with E-state index in [4.69, 9.17) is 4.74 Å². The van der Waals surface area contributed by atoms with Crippen molar-refractivity contribution in [2.75, 3.05) is 12.8 Å². The summed E-state index contributed by atoms with van der Waals surface area (Å²) in [6.07, 6.45) is 1.64. The first-order valence-corrected chi connectivity index (χ1v) is 8.63. The molecule has 6 nitrogen and oxygen atoms in total. The molecule has 4 atom stereocenters. The average molecular weight is 321 g/mol. The lowest BCUT2D eigenvalue weighted by Crippen LogP contribution is -2.36. The number of amides is 1. The van der Waals surface area contributed by atoms with Crippen molar-refractivity contribution in [2.45, 2.75) is 43.0 Å². The van der Waals surface area contributed by atoms with Crippen LogP contribution in [0.3, 0.4) is 0 Å². The Bertz CT molecular complexity index is 668. The molecule has 1 N–H and O–H groups in total. The van der Waals surface area contributed by atoms with Gasteiger partial charge in [0, 0.05) is 18.0 Å². The lowest BCUT2D eigenvalue weighted by atomic mass is 10.0. The van der Waals surface area contributed by atoms with Gasteiger partial charge in [-0.2, -0.15) is 4.98 Å². The standard InChI is InChI=1S/C15H19N3O3S/c1-14(2,3)21-13(20)18-6-7-10-11(18)15(7,10)8-5-9(19)17-12(16-8)22-4/h5,7,10-11H,6H2,1-4H3,(H,16,17,19)/t7-,10-,11?,15-/m1/s1. The molecule has 2 aliphatic carbocycles. The number of aromatic hydroxyl groups is 1. The van der Waals surface area contributed by atoms with Gasteiger partial charge < -0.3 is 14.7 Å². The Morgan fingerprint density at radius 1 is 1.50 bits per heavy atom. The van der Waals surface area contributed by atoms with Gasteiger partial charge in [-0.05, 0) is 38.9 Å². The molecule has 22 heavy (non-hydrogen) atoms. The smallest absolute Gasteiger partial charge is 0.410 e. The third-order valence-corrected chi connectivity index (χ3v) is 5.43. The molecule has 4 aliphatic rings. The van der Waals surface area contributed by atoms with E-state index in [2.05, 4.69) is 9.97 Å². The Morgan fingerprint density at radius 2 is 2.23 bits per heavy atom. The summed E-state index contributed by atoms with van der Waals surface area (Å²) >= 11 is 1.41. The number of aromatic nitrogens is 2. The van der Waals surface area contributed by atoms with Gasteiger partial charge in [-0.1, -0.05) is 11.8 Å². The van der Waals surface area contributed by atoms with Crippen molar-refractivity contribution in [3.8, 4) is 5.88 Å². The largest absolute Gasteiger partial charge is 0.493 e. The maximum atomic E-state index is 12.3. The summed E-state index contributed by atoms with van der Waals surface area (Å²) < 4.78 is 5.48. The molecule has 0 spiro atoms. The van der Waals surface area contributed by atoms with E-state index in [9.17, 15) is 9.90 Å². The van der Waals surface area contributed by atoms with E-state index in [1.165, 1.54) is 11.8 Å². The summed E-state index contributed by atoms with van der Waals surface area (Å²) in [5.74, 6) is 0.933. The van der Waals surface area contributed by atoms with Gasteiger partial charge in [0.15, 0.2) is 5.16 Å². The van der Waals surface area contributed by atoms with Crippen LogP contribution < -0.4 is 0 Å². The number of hydrogen-bond acceptors (Lipinski definition) is 6. The van der Waals surface area contributed by atoms with Gasteiger partial charge in [-0.15, -0.1) is 0 Å². The van der Waals surface area contributed by atoms with Gasteiger partial charge in [-0.25, -0.2) is 9.78 Å². The summed E-state index contributed by atoms with van der Waals surface area (Å²) in [6, 6.07) is 1.82. The molecule has 118 valence electrons. The predicted molar refractivity (Wildman–Crippen MR) is 80.9 cm³/mol. The van der Waals surface area contributed by atoms with Crippen LogP contribution in [0.2, 0.25) is 0 Å². The molecule has 0 aromatic carbocycles. The summed E-state index contributed by atoms with van der Waals surface area (Å²) in [4.78, 5) is 22.7. The molecule has 3 heterocycles. The number of rotatable bonds is 2. The van der Waals surface area contributed by atoms with Crippen LogP contribution in [-0.4, -0.2) is 50.5 Å². The number of piperidine rings is 1. The minimum absolute atomic E-state index is 0.00416. The highest BCUT2D eigenvalue weighted by Crippen LogP contribution is 2.85. The van der Waals surface area contributed by atoms with Crippen LogP contribution in [0.25, 0.3) is 0 Å². The van der Waals surface area contributed by atoms with Crippen molar-refractivity contribution in [3.63, 3.8) is 0 Å². The highest BCUT2D eigenvalue weighted by Gasteiger charge is 2.94. The number of thioether (sulfide) groups is 1. The maximum Gasteiger partial charge on any atom is 0.410 e. The third-order valence-electron chi connectivity index (χ3n) is 4.89. The molecule has 1 aromatic heterocycles. The number of carbonyl (C=O) groups excluding carboxylic acids is 1. The second-order valence-electron chi connectivity index (χ2n) is 7.24. The van der Waals surface area contributed by atoms with Gasteiger partial charge in [0.2, 0.25) is 5.88 Å². The first-order valence-electron chi connectivity index (χ1n) is 7.41. The highest BCUT2D eigenvalue weighted by atomic mass is 32.2. The lowest BCUT2D eigenvalue weighted by Gasteiger charge is -2.24. The van der Waals surface area contributed by atoms with Crippen LogP contribution in [0.15, 0.2) is 11.2 Å². The lowest BCUT2D eigenvalue weighted by molar-refractivity contribution is 0.0278. The second-order valence-corrected chi connectivity index (χ2v) is 8.01. The molecule has 7 heteroatoms. The van der Waals surface area contributed by atoms with Crippen molar-refractivity contribution in [1.29, 1.82) is 0 Å². The Hall–Kier alpha value is -1.50. The number of hydrogen-bond donors (Lipinski definition) is 1. The summed E-state index contributed by atoms with van der Waals surface area (Å²) in [5, 5.41) is 10.4. The van der Waals surface area contributed by atoms with Crippen LogP contribution in [0.5, 0.6) is 5.88 Å². The van der Waals surface area contributed by atoms with Crippen LogP contribution in [-0.2, 0) is 10.2 Å². The minimum Gasteiger partial charge on any atom is -0.493 e. The van der Waals surface area contributed by atoms with Crippen molar-refractivity contribution in [2.24, 2.45) is 11.8 Å². The Morgan fingerprint density at radius 3 is 2.82 bits per heavy atom. The zero-order valence-corrected chi connectivity index (χ0v) is 13.8. The summed E-state index contributed by atoms with van der Waals surface area (Å²) in [5.41, 5.74) is 0.337. The van der Waals surface area contributed by atoms with Crippen molar-refractivity contribution < 1.29 is 14.6 Å². The number of fused-ring (bicyclic) bond motifs is 1. The SMILES string of the molecule is CSc1nc(O)cc([C@@]23C4[C@H]2[C@H]3CN4C(=O)OC(C)(C)C)n1. The van der Waals surface area contributed by atoms with Gasteiger partial charge in [0.1, 0.15) is 5.60 Å². The van der Waals surface area contributed by atoms with E-state index in [-0.39, 0.29) is 23.4 Å². The minimum atomic E-state index is -0.480. The van der Waals surface area contributed by atoms with Crippen LogP contribution in [0.1, 0.15) is 26.5 Å². The van der Waals surface area contributed by atoms with Crippen LogP contribution in [0, 0.1) is 11.8 Å². The van der Waals surface area contributed by atoms with Crippen LogP contribution in [0.4, 0.5) is 4.79 Å². The summed E-state index contributed by atoms with van der Waals surface area (Å²) in [7, 11) is 0. The molecular formula is C15H19N3O3S. The van der Waals surface area contributed by atoms with E-state index in [1.807, 2.05) is 31.9 Å². The number of carbonyl (C=O) groups is 1. The van der Waals surface area contributed by atoms with E-state index in [0.29, 0.717) is 17.0 Å². The van der Waals surface area contributed by atoms with Gasteiger partial charge in [0.25, 0.3) is 0 Å². The molecule has 2 aliphatic heterocycles. The summed E-state index contributed by atoms with van der Waals surface area (Å²) in [6.45, 7) is 6.35. The van der Waals surface area contributed by atoms with Gasteiger partial charge >= 0.3 is 6.09 Å². The fourth-order valence-electron chi connectivity index (χ4n) is 4.04. The topological polar surface area (TPSA) is 75.6 Å².